The molecule has 1 aliphatic rings. The van der Waals surface area contributed by atoms with Gasteiger partial charge in [-0.15, -0.1) is 0 Å². The molecule has 1 nitrogen and oxygen atoms in total. The van der Waals surface area contributed by atoms with Gasteiger partial charge in [-0.25, -0.2) is 4.39 Å². The van der Waals surface area contributed by atoms with Gasteiger partial charge in [0.25, 0.3) is 0 Å². The largest absolute Gasteiger partial charge is 0.493 e. The molecule has 0 amide bonds. The van der Waals surface area contributed by atoms with Crippen molar-refractivity contribution < 1.29 is 9.13 Å². The van der Waals surface area contributed by atoms with Crippen LogP contribution in [0.5, 0.6) is 5.75 Å². The van der Waals surface area contributed by atoms with Crippen LogP contribution in [0.2, 0.25) is 0 Å². The van der Waals surface area contributed by atoms with Crippen LogP contribution in [0.3, 0.4) is 0 Å². The molecule has 0 heterocycles. The number of benzene rings is 1. The maximum atomic E-state index is 14.7. The third kappa shape index (κ3) is 3.66. The van der Waals surface area contributed by atoms with Crippen LogP contribution in [-0.4, -0.2) is 6.61 Å². The highest BCUT2D eigenvalue weighted by Gasteiger charge is 2.25. The predicted octanol–water partition coefficient (Wildman–Crippen LogP) is 5.94. The Balaban J connectivity index is 2.16. The van der Waals surface area contributed by atoms with E-state index in [9.17, 15) is 4.39 Å². The second-order valence-corrected chi connectivity index (χ2v) is 6.02. The summed E-state index contributed by atoms with van der Waals surface area (Å²) in [6.07, 6.45) is 8.82. The summed E-state index contributed by atoms with van der Waals surface area (Å²) in [6.45, 7) is 8.44. The van der Waals surface area contributed by atoms with E-state index >= 15 is 0 Å². The van der Waals surface area contributed by atoms with E-state index in [0.29, 0.717) is 23.8 Å². The van der Waals surface area contributed by atoms with Gasteiger partial charge in [-0.05, 0) is 56.1 Å². The molecule has 1 fully saturated rings. The number of hydrogen-bond donors (Lipinski definition) is 0. The molecule has 1 aliphatic carbocycles. The highest BCUT2D eigenvalue weighted by Crippen LogP contribution is 2.40. The van der Waals surface area contributed by atoms with E-state index in [1.165, 1.54) is 25.7 Å². The lowest BCUT2D eigenvalue weighted by atomic mass is 9.77. The Morgan fingerprint density at radius 1 is 1.24 bits per heavy atom. The SMILES string of the molecule is C=Cc1c(OCC)ccc(C2CCC(CCC)CC2)c1F. The molecular weight excluding hydrogens is 263 g/mol. The first-order valence-corrected chi connectivity index (χ1v) is 8.28. The molecule has 2 rings (SSSR count). The average Bonchev–Trinajstić information content (AvgIpc) is 2.49. The summed E-state index contributed by atoms with van der Waals surface area (Å²) in [4.78, 5) is 0. The van der Waals surface area contributed by atoms with Gasteiger partial charge in [-0.2, -0.15) is 0 Å². The Hall–Kier alpha value is -1.31. The summed E-state index contributed by atoms with van der Waals surface area (Å²) in [5.41, 5.74) is 1.37. The number of halogens is 1. The van der Waals surface area contributed by atoms with Crippen molar-refractivity contribution in [2.24, 2.45) is 5.92 Å². The number of hydrogen-bond acceptors (Lipinski definition) is 1. The summed E-state index contributed by atoms with van der Waals surface area (Å²) in [5, 5.41) is 0. The van der Waals surface area contributed by atoms with Crippen LogP contribution in [0, 0.1) is 11.7 Å². The fourth-order valence-electron chi connectivity index (χ4n) is 3.55. The fraction of sp³-hybridized carbons (Fsp3) is 0.579. The first-order valence-electron chi connectivity index (χ1n) is 8.28. The van der Waals surface area contributed by atoms with Gasteiger partial charge in [0.2, 0.25) is 0 Å². The first-order chi connectivity index (χ1) is 10.2. The minimum Gasteiger partial charge on any atom is -0.493 e. The van der Waals surface area contributed by atoms with E-state index in [-0.39, 0.29) is 5.82 Å². The van der Waals surface area contributed by atoms with Crippen molar-refractivity contribution in [2.45, 2.75) is 58.3 Å². The minimum atomic E-state index is -0.130. The molecule has 21 heavy (non-hydrogen) atoms. The Morgan fingerprint density at radius 3 is 2.52 bits per heavy atom. The van der Waals surface area contributed by atoms with Crippen LogP contribution in [0.4, 0.5) is 4.39 Å². The second kappa shape index (κ2) is 7.63. The maximum absolute atomic E-state index is 14.7. The smallest absolute Gasteiger partial charge is 0.137 e. The van der Waals surface area contributed by atoms with Crippen molar-refractivity contribution >= 4 is 6.08 Å². The zero-order valence-corrected chi connectivity index (χ0v) is 13.3. The number of ether oxygens (including phenoxy) is 1. The van der Waals surface area contributed by atoms with Crippen molar-refractivity contribution in [1.29, 1.82) is 0 Å². The lowest BCUT2D eigenvalue weighted by molar-refractivity contribution is 0.303. The van der Waals surface area contributed by atoms with Gasteiger partial charge in [0.1, 0.15) is 11.6 Å². The van der Waals surface area contributed by atoms with Gasteiger partial charge < -0.3 is 4.74 Å². The van der Waals surface area contributed by atoms with Crippen molar-refractivity contribution in [1.82, 2.24) is 0 Å². The predicted molar refractivity (Wildman–Crippen MR) is 87.3 cm³/mol. The molecular formula is C19H27FO. The molecule has 116 valence electrons. The van der Waals surface area contributed by atoms with Crippen LogP contribution in [0.25, 0.3) is 6.08 Å². The molecule has 0 atom stereocenters. The molecule has 0 N–H and O–H groups in total. The zero-order valence-electron chi connectivity index (χ0n) is 13.3. The summed E-state index contributed by atoms with van der Waals surface area (Å²) < 4.78 is 20.2. The lowest BCUT2D eigenvalue weighted by Gasteiger charge is -2.29. The van der Waals surface area contributed by atoms with Gasteiger partial charge in [-0.1, -0.05) is 38.5 Å². The topological polar surface area (TPSA) is 9.23 Å². The molecule has 0 aromatic heterocycles. The highest BCUT2D eigenvalue weighted by atomic mass is 19.1. The summed E-state index contributed by atoms with van der Waals surface area (Å²) in [7, 11) is 0. The van der Waals surface area contributed by atoms with Crippen LogP contribution in [0.1, 0.15) is 69.4 Å². The molecule has 0 bridgehead atoms. The third-order valence-electron chi connectivity index (χ3n) is 4.66. The minimum absolute atomic E-state index is 0.130. The normalized spacial score (nSPS) is 22.0. The number of rotatable bonds is 6. The molecule has 2 heteroatoms. The van der Waals surface area contributed by atoms with E-state index in [2.05, 4.69) is 13.5 Å². The van der Waals surface area contributed by atoms with Crippen molar-refractivity contribution in [3.63, 3.8) is 0 Å². The average molecular weight is 290 g/mol. The zero-order chi connectivity index (χ0) is 15.2. The van der Waals surface area contributed by atoms with Crippen LogP contribution >= 0.6 is 0 Å². The summed E-state index contributed by atoms with van der Waals surface area (Å²) >= 11 is 0. The quantitative estimate of drug-likeness (QED) is 0.630. The molecule has 1 aromatic rings. The molecule has 0 radical (unpaired) electrons. The van der Waals surface area contributed by atoms with Crippen LogP contribution < -0.4 is 4.74 Å². The van der Waals surface area contributed by atoms with Crippen molar-refractivity contribution in [3.8, 4) is 5.75 Å². The maximum Gasteiger partial charge on any atom is 0.137 e. The van der Waals surface area contributed by atoms with Crippen molar-refractivity contribution in [3.05, 3.63) is 35.7 Å². The van der Waals surface area contributed by atoms with E-state index in [0.717, 1.165) is 24.3 Å². The second-order valence-electron chi connectivity index (χ2n) is 6.02. The third-order valence-corrected chi connectivity index (χ3v) is 4.66. The Morgan fingerprint density at radius 2 is 1.95 bits per heavy atom. The molecule has 0 saturated heterocycles. The Kier molecular flexibility index (Phi) is 5.84. The molecule has 0 unspecified atom stereocenters. The summed E-state index contributed by atoms with van der Waals surface area (Å²) in [5.74, 6) is 1.67. The van der Waals surface area contributed by atoms with Gasteiger partial charge in [-0.3, -0.25) is 0 Å². The van der Waals surface area contributed by atoms with Gasteiger partial charge in [0, 0.05) is 0 Å². The molecule has 0 spiro atoms. The lowest BCUT2D eigenvalue weighted by Crippen LogP contribution is -2.14. The molecule has 0 aliphatic heterocycles. The van der Waals surface area contributed by atoms with Gasteiger partial charge in [0.05, 0.1) is 12.2 Å². The van der Waals surface area contributed by atoms with Gasteiger partial charge >= 0.3 is 0 Å². The summed E-state index contributed by atoms with van der Waals surface area (Å²) in [6, 6.07) is 3.81. The Bertz CT molecular complexity index is 473. The van der Waals surface area contributed by atoms with E-state index in [4.69, 9.17) is 4.74 Å². The Labute approximate surface area is 128 Å². The van der Waals surface area contributed by atoms with Crippen molar-refractivity contribution in [2.75, 3.05) is 6.61 Å². The van der Waals surface area contributed by atoms with Crippen LogP contribution in [0.15, 0.2) is 18.7 Å². The van der Waals surface area contributed by atoms with Crippen LogP contribution in [-0.2, 0) is 0 Å². The van der Waals surface area contributed by atoms with Gasteiger partial charge in [0.15, 0.2) is 0 Å². The van der Waals surface area contributed by atoms with E-state index in [1.807, 2.05) is 19.1 Å². The van der Waals surface area contributed by atoms with E-state index < -0.39 is 0 Å². The molecule has 1 aromatic carbocycles. The monoisotopic (exact) mass is 290 g/mol. The molecule has 1 saturated carbocycles. The fourth-order valence-corrected chi connectivity index (χ4v) is 3.55. The highest BCUT2D eigenvalue weighted by molar-refractivity contribution is 5.58. The van der Waals surface area contributed by atoms with E-state index in [1.54, 1.807) is 6.08 Å². The first kappa shape index (κ1) is 16.1. The standard InChI is InChI=1S/C19H27FO/c1-4-7-14-8-10-15(11-9-14)17-12-13-18(21-6-3)16(5-2)19(17)20/h5,12-15H,2,4,6-11H2,1,3H3.